The number of hydrogen-bond acceptors (Lipinski definition) is 2. The molecule has 110 valence electrons. The van der Waals surface area contributed by atoms with Gasteiger partial charge in [-0.3, -0.25) is 0 Å². The number of amides is 2. The van der Waals surface area contributed by atoms with Gasteiger partial charge in [0.1, 0.15) is 5.82 Å². The summed E-state index contributed by atoms with van der Waals surface area (Å²) in [5.41, 5.74) is 0.0920. The molecule has 1 aromatic rings. The van der Waals surface area contributed by atoms with Crippen molar-refractivity contribution in [2.75, 3.05) is 18.5 Å². The summed E-state index contributed by atoms with van der Waals surface area (Å²) in [5, 5.41) is 12.2. The number of nitrogens with one attached hydrogen (secondary N) is 1. The molecule has 1 aliphatic rings. The maximum absolute atomic E-state index is 13.7. The molecule has 0 aliphatic carbocycles. The van der Waals surface area contributed by atoms with Crippen LogP contribution in [0.2, 0.25) is 5.02 Å². The number of nitrogens with zero attached hydrogens (tertiary/aromatic N) is 1. The van der Waals surface area contributed by atoms with Crippen molar-refractivity contribution < 1.29 is 14.3 Å². The van der Waals surface area contributed by atoms with E-state index < -0.39 is 11.8 Å². The molecule has 2 amide bonds. The average Bonchev–Trinajstić information content (AvgIpc) is 2.41. The zero-order valence-corrected chi connectivity index (χ0v) is 12.0. The number of benzene rings is 1. The van der Waals surface area contributed by atoms with Crippen LogP contribution < -0.4 is 5.32 Å². The SMILES string of the molecule is CC1CCCN(C(=O)Nc2ccc(Cl)cc2F)C1CO. The Balaban J connectivity index is 2.10. The first kappa shape index (κ1) is 15.1. The van der Waals surface area contributed by atoms with Crippen LogP contribution in [-0.2, 0) is 0 Å². The molecule has 2 rings (SSSR count). The van der Waals surface area contributed by atoms with Crippen molar-refractivity contribution in [2.45, 2.75) is 25.8 Å². The summed E-state index contributed by atoms with van der Waals surface area (Å²) < 4.78 is 13.7. The third kappa shape index (κ3) is 3.22. The fraction of sp³-hybridized carbons (Fsp3) is 0.500. The Morgan fingerprint density at radius 2 is 2.35 bits per heavy atom. The monoisotopic (exact) mass is 300 g/mol. The third-order valence-corrected chi connectivity index (χ3v) is 3.97. The van der Waals surface area contributed by atoms with E-state index in [4.69, 9.17) is 11.6 Å². The van der Waals surface area contributed by atoms with E-state index in [1.54, 1.807) is 4.90 Å². The van der Waals surface area contributed by atoms with Crippen molar-refractivity contribution in [2.24, 2.45) is 5.92 Å². The van der Waals surface area contributed by atoms with Crippen LogP contribution in [0.1, 0.15) is 19.8 Å². The van der Waals surface area contributed by atoms with Gasteiger partial charge in [-0.15, -0.1) is 0 Å². The fourth-order valence-electron chi connectivity index (χ4n) is 2.56. The van der Waals surface area contributed by atoms with Crippen molar-refractivity contribution in [3.8, 4) is 0 Å². The summed E-state index contributed by atoms with van der Waals surface area (Å²) in [5.74, 6) is -0.342. The number of halogens is 2. The molecule has 1 aliphatic heterocycles. The number of likely N-dealkylation sites (tertiary alicyclic amines) is 1. The number of hydrogen-bond donors (Lipinski definition) is 2. The molecule has 6 heteroatoms. The molecule has 4 nitrogen and oxygen atoms in total. The molecular formula is C14H18ClFN2O2. The Kier molecular flexibility index (Phi) is 4.83. The summed E-state index contributed by atoms with van der Waals surface area (Å²) in [6.45, 7) is 2.48. The second-order valence-electron chi connectivity index (χ2n) is 5.12. The average molecular weight is 301 g/mol. The molecular weight excluding hydrogens is 283 g/mol. The van der Waals surface area contributed by atoms with Crippen LogP contribution in [0.5, 0.6) is 0 Å². The molecule has 1 heterocycles. The summed E-state index contributed by atoms with van der Waals surface area (Å²) in [6.07, 6.45) is 1.86. The van der Waals surface area contributed by atoms with E-state index in [2.05, 4.69) is 5.32 Å². The van der Waals surface area contributed by atoms with Crippen LogP contribution in [0, 0.1) is 11.7 Å². The van der Waals surface area contributed by atoms with Gasteiger partial charge < -0.3 is 15.3 Å². The minimum absolute atomic E-state index is 0.0856. The number of rotatable bonds is 2. The van der Waals surface area contributed by atoms with Crippen molar-refractivity contribution in [1.82, 2.24) is 4.90 Å². The van der Waals surface area contributed by atoms with Crippen LogP contribution >= 0.6 is 11.6 Å². The van der Waals surface area contributed by atoms with Gasteiger partial charge >= 0.3 is 6.03 Å². The van der Waals surface area contributed by atoms with Crippen LogP contribution in [0.3, 0.4) is 0 Å². The van der Waals surface area contributed by atoms with E-state index in [0.29, 0.717) is 6.54 Å². The summed E-state index contributed by atoms with van der Waals surface area (Å²) in [6, 6.07) is 3.48. The van der Waals surface area contributed by atoms with Crippen molar-refractivity contribution in [3.63, 3.8) is 0 Å². The summed E-state index contributed by atoms with van der Waals surface area (Å²) >= 11 is 5.67. The number of anilines is 1. The lowest BCUT2D eigenvalue weighted by Crippen LogP contribution is -2.51. The number of piperidine rings is 1. The van der Waals surface area contributed by atoms with Gasteiger partial charge in [0.2, 0.25) is 0 Å². The molecule has 0 saturated carbocycles. The maximum Gasteiger partial charge on any atom is 0.322 e. The van der Waals surface area contributed by atoms with Gasteiger partial charge in [0.25, 0.3) is 0 Å². The number of urea groups is 1. The Hall–Kier alpha value is -1.33. The van der Waals surface area contributed by atoms with Crippen LogP contribution in [0.25, 0.3) is 0 Å². The van der Waals surface area contributed by atoms with Crippen molar-refractivity contribution in [3.05, 3.63) is 29.0 Å². The van der Waals surface area contributed by atoms with E-state index in [9.17, 15) is 14.3 Å². The topological polar surface area (TPSA) is 52.6 Å². The van der Waals surface area contributed by atoms with Crippen molar-refractivity contribution in [1.29, 1.82) is 0 Å². The molecule has 1 aromatic carbocycles. The van der Waals surface area contributed by atoms with Crippen LogP contribution in [-0.4, -0.2) is 35.2 Å². The molecule has 0 radical (unpaired) electrons. The standard InChI is InChI=1S/C14H18ClFN2O2/c1-9-3-2-6-18(13(9)8-19)14(20)17-12-5-4-10(15)7-11(12)16/h4-5,7,9,13,19H,2-3,6,8H2,1H3,(H,17,20). The van der Waals surface area contributed by atoms with Gasteiger partial charge in [-0.25, -0.2) is 9.18 Å². The Morgan fingerprint density at radius 3 is 3.00 bits per heavy atom. The zero-order chi connectivity index (χ0) is 14.7. The molecule has 20 heavy (non-hydrogen) atoms. The largest absolute Gasteiger partial charge is 0.394 e. The predicted molar refractivity (Wildman–Crippen MR) is 76.4 cm³/mol. The van der Waals surface area contributed by atoms with Gasteiger partial charge in [-0.1, -0.05) is 18.5 Å². The van der Waals surface area contributed by atoms with Crippen LogP contribution in [0.15, 0.2) is 18.2 Å². The van der Waals surface area contributed by atoms with E-state index in [1.807, 2.05) is 6.92 Å². The molecule has 2 N–H and O–H groups in total. The second-order valence-corrected chi connectivity index (χ2v) is 5.55. The van der Waals surface area contributed by atoms with Gasteiger partial charge in [-0.2, -0.15) is 0 Å². The number of aliphatic hydroxyl groups excluding tert-OH is 1. The van der Waals surface area contributed by atoms with E-state index in [1.165, 1.54) is 12.1 Å². The highest BCUT2D eigenvalue weighted by Gasteiger charge is 2.31. The number of carbonyl (C=O) groups excluding carboxylic acids is 1. The number of carbonyl (C=O) groups is 1. The van der Waals surface area contributed by atoms with Gasteiger partial charge in [0.05, 0.1) is 18.3 Å². The quantitative estimate of drug-likeness (QED) is 0.882. The smallest absolute Gasteiger partial charge is 0.322 e. The first-order valence-corrected chi connectivity index (χ1v) is 7.04. The van der Waals surface area contributed by atoms with E-state index in [0.717, 1.165) is 18.9 Å². The lowest BCUT2D eigenvalue weighted by Gasteiger charge is -2.38. The lowest BCUT2D eigenvalue weighted by atomic mass is 9.91. The minimum atomic E-state index is -0.573. The summed E-state index contributed by atoms with van der Waals surface area (Å²) in [4.78, 5) is 13.8. The first-order chi connectivity index (χ1) is 9.52. The van der Waals surface area contributed by atoms with E-state index >= 15 is 0 Å². The zero-order valence-electron chi connectivity index (χ0n) is 11.3. The Morgan fingerprint density at radius 1 is 1.60 bits per heavy atom. The molecule has 1 fully saturated rings. The lowest BCUT2D eigenvalue weighted by molar-refractivity contribution is 0.0811. The highest BCUT2D eigenvalue weighted by atomic mass is 35.5. The molecule has 0 aromatic heterocycles. The normalized spacial score (nSPS) is 22.7. The molecule has 0 spiro atoms. The van der Waals surface area contributed by atoms with E-state index in [-0.39, 0.29) is 29.3 Å². The van der Waals surface area contributed by atoms with Gasteiger partial charge in [0.15, 0.2) is 0 Å². The van der Waals surface area contributed by atoms with Gasteiger partial charge in [-0.05, 0) is 37.0 Å². The molecule has 0 bridgehead atoms. The molecule has 1 saturated heterocycles. The summed E-state index contributed by atoms with van der Waals surface area (Å²) in [7, 11) is 0. The highest BCUT2D eigenvalue weighted by molar-refractivity contribution is 6.30. The van der Waals surface area contributed by atoms with Crippen molar-refractivity contribution >= 4 is 23.3 Å². The molecule has 2 unspecified atom stereocenters. The Labute approximate surface area is 122 Å². The van der Waals surface area contributed by atoms with Gasteiger partial charge in [0, 0.05) is 11.6 Å². The second kappa shape index (κ2) is 6.41. The fourth-order valence-corrected chi connectivity index (χ4v) is 2.72. The first-order valence-electron chi connectivity index (χ1n) is 6.66. The third-order valence-electron chi connectivity index (χ3n) is 3.74. The molecule has 2 atom stereocenters. The van der Waals surface area contributed by atoms with Crippen LogP contribution in [0.4, 0.5) is 14.9 Å². The predicted octanol–water partition coefficient (Wildman–Crippen LogP) is 3.10. The Bertz CT molecular complexity index is 498. The maximum atomic E-state index is 13.7. The number of aliphatic hydroxyl groups is 1. The highest BCUT2D eigenvalue weighted by Crippen LogP contribution is 2.25. The minimum Gasteiger partial charge on any atom is -0.394 e.